The normalized spacial score (nSPS) is 15.1. The summed E-state index contributed by atoms with van der Waals surface area (Å²) in [5, 5.41) is 14.5. The molecule has 1 rings (SSSR count). The Balaban J connectivity index is 2.74. The van der Waals surface area contributed by atoms with Crippen molar-refractivity contribution < 1.29 is 24.2 Å². The first-order valence-electron chi connectivity index (χ1n) is 9.30. The standard InChI is InChI=1S/C20H30N2O5/c1-5-13(3)16(18(23)21-17(19(24)25)14(4)6-2)22-20(26)27-12-15-10-8-7-9-11-15/h7-11,13-14,16-17H,5-6,12H2,1-4H3,(H,21,23)(H,22,26)(H,24,25)/t13-,14-,16-,17?/m0/s1. The van der Waals surface area contributed by atoms with Gasteiger partial charge in [0, 0.05) is 0 Å². The molecular formula is C20H30N2O5. The maximum Gasteiger partial charge on any atom is 0.408 e. The predicted octanol–water partition coefficient (Wildman–Crippen LogP) is 2.94. The average molecular weight is 378 g/mol. The fraction of sp³-hybridized carbons (Fsp3) is 0.550. The van der Waals surface area contributed by atoms with Crippen molar-refractivity contribution in [3.8, 4) is 0 Å². The van der Waals surface area contributed by atoms with Crippen LogP contribution in [0.1, 0.15) is 46.1 Å². The minimum Gasteiger partial charge on any atom is -0.480 e. The number of nitrogens with one attached hydrogen (secondary N) is 2. The highest BCUT2D eigenvalue weighted by atomic mass is 16.5. The maximum absolute atomic E-state index is 12.6. The van der Waals surface area contributed by atoms with Gasteiger partial charge in [-0.2, -0.15) is 0 Å². The van der Waals surface area contributed by atoms with Crippen LogP contribution in [-0.2, 0) is 20.9 Å². The average Bonchev–Trinajstić information content (AvgIpc) is 2.67. The zero-order valence-electron chi connectivity index (χ0n) is 16.4. The Labute approximate surface area is 160 Å². The third kappa shape index (κ3) is 7.29. The minimum absolute atomic E-state index is 0.0894. The molecule has 0 fully saturated rings. The minimum atomic E-state index is -1.09. The lowest BCUT2D eigenvalue weighted by molar-refractivity contribution is -0.143. The van der Waals surface area contributed by atoms with E-state index in [2.05, 4.69) is 10.6 Å². The summed E-state index contributed by atoms with van der Waals surface area (Å²) < 4.78 is 5.18. The maximum atomic E-state index is 12.6. The summed E-state index contributed by atoms with van der Waals surface area (Å²) in [6, 6.07) is 7.33. The third-order valence-corrected chi connectivity index (χ3v) is 4.76. The monoisotopic (exact) mass is 378 g/mol. The number of hydrogen-bond donors (Lipinski definition) is 3. The van der Waals surface area contributed by atoms with Gasteiger partial charge in [0.2, 0.25) is 5.91 Å². The summed E-state index contributed by atoms with van der Waals surface area (Å²) in [5.41, 5.74) is 0.833. The first kappa shape index (κ1) is 22.5. The van der Waals surface area contributed by atoms with Crippen LogP contribution in [0.3, 0.4) is 0 Å². The van der Waals surface area contributed by atoms with Crippen LogP contribution >= 0.6 is 0 Å². The Morgan fingerprint density at radius 1 is 0.963 bits per heavy atom. The van der Waals surface area contributed by atoms with Gasteiger partial charge in [0.15, 0.2) is 0 Å². The Bertz CT molecular complexity index is 620. The van der Waals surface area contributed by atoms with Gasteiger partial charge in [-0.15, -0.1) is 0 Å². The van der Waals surface area contributed by atoms with E-state index in [4.69, 9.17) is 4.74 Å². The number of carboxylic acid groups (broad SMARTS) is 1. The Kier molecular flexibility index (Phi) is 9.33. The Morgan fingerprint density at radius 2 is 1.52 bits per heavy atom. The number of carboxylic acids is 1. The molecule has 0 bridgehead atoms. The smallest absolute Gasteiger partial charge is 0.408 e. The number of alkyl carbamates (subject to hydrolysis) is 1. The second kappa shape index (κ2) is 11.2. The predicted molar refractivity (Wildman–Crippen MR) is 102 cm³/mol. The van der Waals surface area contributed by atoms with Crippen molar-refractivity contribution in [3.63, 3.8) is 0 Å². The van der Waals surface area contributed by atoms with Crippen LogP contribution in [0.25, 0.3) is 0 Å². The lowest BCUT2D eigenvalue weighted by Gasteiger charge is -2.27. The highest BCUT2D eigenvalue weighted by Gasteiger charge is 2.32. The molecule has 150 valence electrons. The zero-order valence-corrected chi connectivity index (χ0v) is 16.4. The molecular weight excluding hydrogens is 348 g/mol. The van der Waals surface area contributed by atoms with Crippen molar-refractivity contribution in [1.29, 1.82) is 0 Å². The molecule has 3 N–H and O–H groups in total. The molecule has 0 heterocycles. The number of ether oxygens (including phenoxy) is 1. The van der Waals surface area contributed by atoms with Crippen LogP contribution in [0, 0.1) is 11.8 Å². The Morgan fingerprint density at radius 3 is 2.04 bits per heavy atom. The van der Waals surface area contributed by atoms with Gasteiger partial charge in [0.1, 0.15) is 18.7 Å². The first-order chi connectivity index (χ1) is 12.8. The number of rotatable bonds is 10. The zero-order chi connectivity index (χ0) is 20.4. The third-order valence-electron chi connectivity index (χ3n) is 4.76. The van der Waals surface area contributed by atoms with Gasteiger partial charge in [-0.1, -0.05) is 70.9 Å². The lowest BCUT2D eigenvalue weighted by atomic mass is 9.95. The number of benzene rings is 1. The van der Waals surface area contributed by atoms with E-state index >= 15 is 0 Å². The number of amides is 2. The first-order valence-corrected chi connectivity index (χ1v) is 9.30. The Hall–Kier alpha value is -2.57. The highest BCUT2D eigenvalue weighted by molar-refractivity contribution is 5.89. The van der Waals surface area contributed by atoms with E-state index in [1.165, 1.54) is 0 Å². The molecule has 4 atom stereocenters. The molecule has 0 saturated carbocycles. The molecule has 27 heavy (non-hydrogen) atoms. The fourth-order valence-corrected chi connectivity index (χ4v) is 2.52. The van der Waals surface area contributed by atoms with Crippen LogP contribution in [0.4, 0.5) is 4.79 Å². The largest absolute Gasteiger partial charge is 0.480 e. The SMILES string of the molecule is CC[C@H](C)C(NC(=O)[C@@H](NC(=O)OCc1ccccc1)[C@@H](C)CC)C(=O)O. The quantitative estimate of drug-likeness (QED) is 0.581. The molecule has 0 radical (unpaired) electrons. The second-order valence-electron chi connectivity index (χ2n) is 6.78. The van der Waals surface area contributed by atoms with Gasteiger partial charge in [0.05, 0.1) is 0 Å². The van der Waals surface area contributed by atoms with Crippen molar-refractivity contribution >= 4 is 18.0 Å². The van der Waals surface area contributed by atoms with Gasteiger partial charge in [-0.05, 0) is 17.4 Å². The lowest BCUT2D eigenvalue weighted by Crippen LogP contribution is -2.55. The van der Waals surface area contributed by atoms with Gasteiger partial charge in [-0.25, -0.2) is 9.59 Å². The topological polar surface area (TPSA) is 105 Å². The van der Waals surface area contributed by atoms with Crippen LogP contribution in [0.15, 0.2) is 30.3 Å². The summed E-state index contributed by atoms with van der Waals surface area (Å²) in [6.45, 7) is 7.43. The van der Waals surface area contributed by atoms with E-state index in [9.17, 15) is 19.5 Å². The summed E-state index contributed by atoms with van der Waals surface area (Å²) in [7, 11) is 0. The summed E-state index contributed by atoms with van der Waals surface area (Å²) in [5.74, 6) is -2.02. The number of carbonyl (C=O) groups excluding carboxylic acids is 2. The van der Waals surface area contributed by atoms with Crippen molar-refractivity contribution in [2.75, 3.05) is 0 Å². The molecule has 0 saturated heterocycles. The number of hydrogen-bond acceptors (Lipinski definition) is 4. The summed E-state index contributed by atoms with van der Waals surface area (Å²) >= 11 is 0. The molecule has 7 heteroatoms. The van der Waals surface area contributed by atoms with Crippen LogP contribution in [0.5, 0.6) is 0 Å². The number of carbonyl (C=O) groups is 3. The van der Waals surface area contributed by atoms with E-state index < -0.39 is 30.1 Å². The van der Waals surface area contributed by atoms with Crippen molar-refractivity contribution in [3.05, 3.63) is 35.9 Å². The molecule has 1 aromatic rings. The summed E-state index contributed by atoms with van der Waals surface area (Å²) in [6.07, 6.45) is 0.533. The van der Waals surface area contributed by atoms with Gasteiger partial charge in [0.25, 0.3) is 0 Å². The van der Waals surface area contributed by atoms with Gasteiger partial charge < -0.3 is 20.5 Å². The van der Waals surface area contributed by atoms with E-state index in [0.29, 0.717) is 12.8 Å². The molecule has 0 aliphatic heterocycles. The fourth-order valence-electron chi connectivity index (χ4n) is 2.52. The second-order valence-corrected chi connectivity index (χ2v) is 6.78. The van der Waals surface area contributed by atoms with E-state index in [0.717, 1.165) is 5.56 Å². The molecule has 2 amide bonds. The van der Waals surface area contributed by atoms with Crippen LogP contribution < -0.4 is 10.6 Å². The van der Waals surface area contributed by atoms with Gasteiger partial charge >= 0.3 is 12.1 Å². The van der Waals surface area contributed by atoms with Crippen molar-refractivity contribution in [1.82, 2.24) is 10.6 Å². The molecule has 0 aliphatic rings. The molecule has 1 unspecified atom stereocenters. The summed E-state index contributed by atoms with van der Waals surface area (Å²) in [4.78, 5) is 36.2. The van der Waals surface area contributed by atoms with Crippen LogP contribution in [-0.4, -0.2) is 35.2 Å². The molecule has 0 spiro atoms. The van der Waals surface area contributed by atoms with Crippen LogP contribution in [0.2, 0.25) is 0 Å². The van der Waals surface area contributed by atoms with Crippen molar-refractivity contribution in [2.45, 2.75) is 59.2 Å². The molecule has 0 aromatic heterocycles. The van der Waals surface area contributed by atoms with E-state index in [1.54, 1.807) is 6.92 Å². The van der Waals surface area contributed by atoms with Gasteiger partial charge in [-0.3, -0.25) is 4.79 Å². The number of aliphatic carboxylic acids is 1. The van der Waals surface area contributed by atoms with Crippen molar-refractivity contribution in [2.24, 2.45) is 11.8 Å². The highest BCUT2D eigenvalue weighted by Crippen LogP contribution is 2.12. The molecule has 1 aromatic carbocycles. The van der Waals surface area contributed by atoms with E-state index in [-0.39, 0.29) is 18.4 Å². The van der Waals surface area contributed by atoms with E-state index in [1.807, 2.05) is 51.1 Å². The molecule has 0 aliphatic carbocycles. The molecule has 7 nitrogen and oxygen atoms in total.